The van der Waals surface area contributed by atoms with Crippen LogP contribution in [0.15, 0.2) is 0 Å². The third-order valence-electron chi connectivity index (χ3n) is 2.12. The van der Waals surface area contributed by atoms with Crippen molar-refractivity contribution in [3.8, 4) is 0 Å². The van der Waals surface area contributed by atoms with Crippen molar-refractivity contribution >= 4 is 29.8 Å². The van der Waals surface area contributed by atoms with Crippen molar-refractivity contribution in [3.63, 3.8) is 0 Å². The Balaban J connectivity index is 5.12. The molecule has 0 spiro atoms. The summed E-state index contributed by atoms with van der Waals surface area (Å²) in [5.74, 6) is -7.96. The smallest absolute Gasteiger partial charge is 0.349 e. The lowest BCUT2D eigenvalue weighted by Gasteiger charge is -2.26. The summed E-state index contributed by atoms with van der Waals surface area (Å²) >= 11 is 0. The van der Waals surface area contributed by atoms with Gasteiger partial charge in [-0.3, -0.25) is 19.2 Å². The molecular weight excluding hydrogens is 282 g/mol. The molecule has 0 radical (unpaired) electrons. The average molecular weight is 294 g/mol. The van der Waals surface area contributed by atoms with Crippen LogP contribution >= 0.6 is 0 Å². The summed E-state index contributed by atoms with van der Waals surface area (Å²) in [6.07, 6.45) is -3.88. The number of hydrogen-bond donors (Lipinski definition) is 4. The molecule has 0 saturated carbocycles. The van der Waals surface area contributed by atoms with Gasteiger partial charge in [-0.1, -0.05) is 0 Å². The number of carboxylic acid groups (broad SMARTS) is 4. The van der Waals surface area contributed by atoms with E-state index in [2.05, 4.69) is 4.74 Å². The average Bonchev–Trinajstić information content (AvgIpc) is 2.23. The highest BCUT2D eigenvalue weighted by Gasteiger charge is 2.47. The summed E-state index contributed by atoms with van der Waals surface area (Å²) in [6.45, 7) is 0. The fourth-order valence-electron chi connectivity index (χ4n) is 1.30. The number of carbonyl (C=O) groups excluding carboxylic acids is 1. The first-order chi connectivity index (χ1) is 9.09. The quantitative estimate of drug-likeness (QED) is 0.392. The lowest BCUT2D eigenvalue weighted by Crippen LogP contribution is -2.47. The van der Waals surface area contributed by atoms with E-state index in [0.717, 1.165) is 0 Å². The van der Waals surface area contributed by atoms with Gasteiger partial charge in [0.05, 0.1) is 25.7 Å². The largest absolute Gasteiger partial charge is 0.481 e. The van der Waals surface area contributed by atoms with Gasteiger partial charge in [-0.2, -0.15) is 0 Å². The van der Waals surface area contributed by atoms with Crippen molar-refractivity contribution in [1.29, 1.82) is 0 Å². The van der Waals surface area contributed by atoms with Gasteiger partial charge in [0.2, 0.25) is 5.60 Å². The predicted molar refractivity (Wildman–Crippen MR) is 57.8 cm³/mol. The molecule has 1 atom stereocenters. The molecule has 112 valence electrons. The number of carboxylic acids is 4. The molecule has 0 aliphatic carbocycles. The van der Waals surface area contributed by atoms with Gasteiger partial charge >= 0.3 is 29.8 Å². The van der Waals surface area contributed by atoms with Crippen LogP contribution in [0.1, 0.15) is 25.7 Å². The summed E-state index contributed by atoms with van der Waals surface area (Å²) < 4.78 is 4.41. The molecular formula is C10H12O10. The Kier molecular flexibility index (Phi) is 6.13. The molecule has 0 amide bonds. The monoisotopic (exact) mass is 294 g/mol. The highest BCUT2D eigenvalue weighted by atomic mass is 16.6. The van der Waals surface area contributed by atoms with Gasteiger partial charge in [-0.15, -0.1) is 0 Å². The van der Waals surface area contributed by atoms with E-state index in [0.29, 0.717) is 0 Å². The first-order valence-corrected chi connectivity index (χ1v) is 5.19. The van der Waals surface area contributed by atoms with E-state index < -0.39 is 61.1 Å². The van der Waals surface area contributed by atoms with Gasteiger partial charge < -0.3 is 25.2 Å². The number of rotatable bonds is 9. The van der Waals surface area contributed by atoms with Crippen LogP contribution in [-0.4, -0.2) is 55.9 Å². The minimum absolute atomic E-state index is 0.658. The standard InChI is InChI=1S/C10H12O10/c11-5(12)1-2-8(17)20-10(9(18)19,3-6(13)14)4-7(15)16/h1-4H2,(H,11,12)(H,13,14)(H,15,16)(H,18,19)/i6+2. The number of aliphatic carboxylic acids is 4. The highest BCUT2D eigenvalue weighted by Crippen LogP contribution is 2.23. The zero-order valence-corrected chi connectivity index (χ0v) is 10.1. The van der Waals surface area contributed by atoms with Crippen LogP contribution in [0.25, 0.3) is 0 Å². The highest BCUT2D eigenvalue weighted by molar-refractivity contribution is 5.91. The van der Waals surface area contributed by atoms with Gasteiger partial charge in [-0.05, 0) is 0 Å². The maximum absolute atomic E-state index is 11.3. The third kappa shape index (κ3) is 5.80. The fourth-order valence-corrected chi connectivity index (χ4v) is 1.30. The van der Waals surface area contributed by atoms with E-state index >= 15 is 0 Å². The van der Waals surface area contributed by atoms with Crippen LogP contribution in [0.2, 0.25) is 0 Å². The van der Waals surface area contributed by atoms with Crippen molar-refractivity contribution in [2.45, 2.75) is 31.3 Å². The molecule has 10 nitrogen and oxygen atoms in total. The van der Waals surface area contributed by atoms with Crippen LogP contribution < -0.4 is 0 Å². The maximum Gasteiger partial charge on any atom is 0.349 e. The first-order valence-electron chi connectivity index (χ1n) is 5.19. The van der Waals surface area contributed by atoms with Gasteiger partial charge in [0.25, 0.3) is 0 Å². The summed E-state index contributed by atoms with van der Waals surface area (Å²) in [5.41, 5.74) is -2.77. The zero-order chi connectivity index (χ0) is 15.9. The lowest BCUT2D eigenvalue weighted by molar-refractivity contribution is -0.186. The van der Waals surface area contributed by atoms with Crippen LogP contribution in [0, 0.1) is 0 Å². The Morgan fingerprint density at radius 3 is 1.90 bits per heavy atom. The molecule has 0 aliphatic heterocycles. The van der Waals surface area contributed by atoms with E-state index in [1.54, 1.807) is 0 Å². The fraction of sp³-hybridized carbons (Fsp3) is 0.500. The molecule has 0 fully saturated rings. The Morgan fingerprint density at radius 1 is 1.00 bits per heavy atom. The van der Waals surface area contributed by atoms with E-state index in [-0.39, 0.29) is 0 Å². The summed E-state index contributed by atoms with van der Waals surface area (Å²) in [6, 6.07) is 0. The van der Waals surface area contributed by atoms with Crippen LogP contribution in [0.5, 0.6) is 0 Å². The molecule has 4 N–H and O–H groups in total. The molecule has 1 unspecified atom stereocenters. The summed E-state index contributed by atoms with van der Waals surface area (Å²) in [7, 11) is 0. The second-order valence-corrected chi connectivity index (χ2v) is 3.81. The molecule has 0 heterocycles. The van der Waals surface area contributed by atoms with Crippen LogP contribution in [0.3, 0.4) is 0 Å². The molecule has 0 aromatic carbocycles. The first kappa shape index (κ1) is 17.4. The number of esters is 1. The molecule has 0 saturated heterocycles. The Labute approximate surface area is 111 Å². The predicted octanol–water partition coefficient (Wildman–Crippen LogP) is -0.833. The Bertz CT molecular complexity index is 421. The molecule has 0 bridgehead atoms. The van der Waals surface area contributed by atoms with Crippen molar-refractivity contribution in [1.82, 2.24) is 0 Å². The minimum Gasteiger partial charge on any atom is -0.481 e. The molecule has 0 rings (SSSR count). The van der Waals surface area contributed by atoms with Crippen molar-refractivity contribution in [2.24, 2.45) is 0 Å². The number of carbonyl (C=O) groups is 5. The number of ether oxygens (including phenoxy) is 1. The van der Waals surface area contributed by atoms with Crippen LogP contribution in [0.4, 0.5) is 0 Å². The van der Waals surface area contributed by atoms with Crippen LogP contribution in [-0.2, 0) is 28.7 Å². The van der Waals surface area contributed by atoms with E-state index in [4.69, 9.17) is 20.4 Å². The van der Waals surface area contributed by atoms with Crippen molar-refractivity contribution in [2.75, 3.05) is 0 Å². The van der Waals surface area contributed by atoms with E-state index in [9.17, 15) is 24.0 Å². The summed E-state index contributed by atoms with van der Waals surface area (Å²) in [5, 5.41) is 34.5. The number of hydrogen-bond acceptors (Lipinski definition) is 6. The van der Waals surface area contributed by atoms with E-state index in [1.807, 2.05) is 0 Å². The molecule has 0 aromatic rings. The van der Waals surface area contributed by atoms with Gasteiger partial charge in [0, 0.05) is 0 Å². The molecule has 0 aromatic heterocycles. The van der Waals surface area contributed by atoms with Crippen molar-refractivity contribution < 1.29 is 49.1 Å². The van der Waals surface area contributed by atoms with Gasteiger partial charge in [0.1, 0.15) is 0 Å². The van der Waals surface area contributed by atoms with Gasteiger partial charge in [-0.25, -0.2) is 4.79 Å². The lowest BCUT2D eigenvalue weighted by atomic mass is 9.99. The Hall–Kier alpha value is -2.65. The second kappa shape index (κ2) is 7.07. The van der Waals surface area contributed by atoms with E-state index in [1.165, 1.54) is 0 Å². The maximum atomic E-state index is 11.3. The topological polar surface area (TPSA) is 175 Å². The summed E-state index contributed by atoms with van der Waals surface area (Å²) in [4.78, 5) is 53.8. The second-order valence-electron chi connectivity index (χ2n) is 3.81. The molecule has 10 heteroatoms. The molecule has 20 heavy (non-hydrogen) atoms. The SMILES string of the molecule is O=C(O)CCC(=O)OC(CC(=O)O)(C[14C](=O)O)C(=O)O. The van der Waals surface area contributed by atoms with Crippen molar-refractivity contribution in [3.05, 3.63) is 0 Å². The minimum atomic E-state index is -2.77. The normalized spacial score (nSPS) is 13.0. The molecule has 0 aliphatic rings. The zero-order valence-electron chi connectivity index (χ0n) is 10.1. The Morgan fingerprint density at radius 2 is 1.55 bits per heavy atom. The van der Waals surface area contributed by atoms with Gasteiger partial charge in [0.15, 0.2) is 0 Å². The third-order valence-corrected chi connectivity index (χ3v) is 2.12.